The van der Waals surface area contributed by atoms with Crippen molar-refractivity contribution in [2.75, 3.05) is 7.05 Å². The molecule has 1 aliphatic rings. The first kappa shape index (κ1) is 14.0. The van der Waals surface area contributed by atoms with Gasteiger partial charge in [-0.3, -0.25) is 0 Å². The van der Waals surface area contributed by atoms with Crippen LogP contribution in [0.25, 0.3) is 0 Å². The predicted molar refractivity (Wildman–Crippen MR) is 74.5 cm³/mol. The van der Waals surface area contributed by atoms with Crippen LogP contribution in [-0.4, -0.2) is 17.2 Å². The lowest BCUT2D eigenvalue weighted by Crippen LogP contribution is -2.14. The van der Waals surface area contributed by atoms with Crippen molar-refractivity contribution in [3.63, 3.8) is 0 Å². The molecule has 1 aromatic heterocycles. The quantitative estimate of drug-likeness (QED) is 0.886. The number of aromatic nitrogens is 2. The molecule has 2 aromatic rings. The Balaban J connectivity index is 1.71. The van der Waals surface area contributed by atoms with Crippen molar-refractivity contribution in [3.8, 4) is 5.75 Å². The highest BCUT2D eigenvalue weighted by molar-refractivity contribution is 5.36. The van der Waals surface area contributed by atoms with Gasteiger partial charge in [-0.25, -0.2) is 4.39 Å². The van der Waals surface area contributed by atoms with Gasteiger partial charge in [-0.2, -0.15) is 4.98 Å². The molecule has 0 amide bonds. The van der Waals surface area contributed by atoms with Gasteiger partial charge in [-0.1, -0.05) is 5.16 Å². The highest BCUT2D eigenvalue weighted by atomic mass is 19.1. The SMILES string of the molecule is CNC(C)c1cc(F)ccc1OCc1nc(C2CC2)no1. The second-order valence-electron chi connectivity index (χ2n) is 5.30. The van der Waals surface area contributed by atoms with E-state index in [2.05, 4.69) is 15.5 Å². The van der Waals surface area contributed by atoms with Crippen molar-refractivity contribution in [1.82, 2.24) is 15.5 Å². The number of halogens is 1. The highest BCUT2D eigenvalue weighted by Gasteiger charge is 2.28. The number of nitrogens with zero attached hydrogens (tertiary/aromatic N) is 2. The Bertz CT molecular complexity index is 625. The fraction of sp³-hybridized carbons (Fsp3) is 0.467. The summed E-state index contributed by atoms with van der Waals surface area (Å²) in [5.41, 5.74) is 0.763. The molecule has 1 aromatic carbocycles. The second kappa shape index (κ2) is 5.81. The molecular formula is C15H18FN3O2. The first-order valence-electron chi connectivity index (χ1n) is 7.09. The summed E-state index contributed by atoms with van der Waals surface area (Å²) in [6.07, 6.45) is 2.25. The summed E-state index contributed by atoms with van der Waals surface area (Å²) in [5, 5.41) is 7.02. The van der Waals surface area contributed by atoms with Gasteiger partial charge in [-0.05, 0) is 45.0 Å². The number of hydrogen-bond donors (Lipinski definition) is 1. The summed E-state index contributed by atoms with van der Waals surface area (Å²) >= 11 is 0. The molecule has 1 N–H and O–H groups in total. The lowest BCUT2D eigenvalue weighted by atomic mass is 10.1. The summed E-state index contributed by atoms with van der Waals surface area (Å²) in [5.74, 6) is 1.99. The molecule has 5 nitrogen and oxygen atoms in total. The summed E-state index contributed by atoms with van der Waals surface area (Å²) in [4.78, 5) is 4.31. The lowest BCUT2D eigenvalue weighted by Gasteiger charge is -2.15. The van der Waals surface area contributed by atoms with Gasteiger partial charge in [0, 0.05) is 17.5 Å². The maximum absolute atomic E-state index is 13.4. The molecule has 21 heavy (non-hydrogen) atoms. The monoisotopic (exact) mass is 291 g/mol. The van der Waals surface area contributed by atoms with Crippen LogP contribution in [-0.2, 0) is 6.61 Å². The molecule has 1 atom stereocenters. The number of hydrogen-bond acceptors (Lipinski definition) is 5. The zero-order valence-electron chi connectivity index (χ0n) is 12.1. The minimum Gasteiger partial charge on any atom is -0.483 e. The maximum Gasteiger partial charge on any atom is 0.264 e. The van der Waals surface area contributed by atoms with E-state index < -0.39 is 0 Å². The molecule has 1 fully saturated rings. The first-order chi connectivity index (χ1) is 10.2. The fourth-order valence-corrected chi connectivity index (χ4v) is 2.12. The van der Waals surface area contributed by atoms with Crippen LogP contribution in [0.3, 0.4) is 0 Å². The van der Waals surface area contributed by atoms with E-state index in [9.17, 15) is 4.39 Å². The standard InChI is InChI=1S/C15H18FN3O2/c1-9(17-2)12-7-11(16)5-6-13(12)20-8-14-18-15(19-21-14)10-3-4-10/h5-7,9-10,17H,3-4,8H2,1-2H3. The number of ether oxygens (including phenoxy) is 1. The largest absolute Gasteiger partial charge is 0.483 e. The van der Waals surface area contributed by atoms with Crippen molar-refractivity contribution in [2.45, 2.75) is 38.3 Å². The van der Waals surface area contributed by atoms with Crippen molar-refractivity contribution in [3.05, 3.63) is 41.3 Å². The van der Waals surface area contributed by atoms with E-state index in [1.807, 2.05) is 14.0 Å². The molecule has 112 valence electrons. The van der Waals surface area contributed by atoms with Crippen LogP contribution in [0.5, 0.6) is 5.75 Å². The van der Waals surface area contributed by atoms with Gasteiger partial charge < -0.3 is 14.6 Å². The molecule has 1 aliphatic carbocycles. The Labute approximate surface area is 122 Å². The van der Waals surface area contributed by atoms with Gasteiger partial charge in [0.05, 0.1) is 0 Å². The Morgan fingerprint density at radius 1 is 1.48 bits per heavy atom. The zero-order chi connectivity index (χ0) is 14.8. The van der Waals surface area contributed by atoms with E-state index in [4.69, 9.17) is 9.26 Å². The van der Waals surface area contributed by atoms with Gasteiger partial charge in [0.1, 0.15) is 11.6 Å². The Morgan fingerprint density at radius 3 is 3.00 bits per heavy atom. The third kappa shape index (κ3) is 3.21. The predicted octanol–water partition coefficient (Wildman–Crippen LogP) is 2.95. The Hall–Kier alpha value is -1.95. The molecule has 0 radical (unpaired) electrons. The van der Waals surface area contributed by atoms with E-state index in [1.165, 1.54) is 12.1 Å². The summed E-state index contributed by atoms with van der Waals surface area (Å²) < 4.78 is 24.3. The molecule has 1 heterocycles. The van der Waals surface area contributed by atoms with Crippen molar-refractivity contribution in [1.29, 1.82) is 0 Å². The average molecular weight is 291 g/mol. The van der Waals surface area contributed by atoms with Crippen LogP contribution >= 0.6 is 0 Å². The van der Waals surface area contributed by atoms with Crippen LogP contribution in [0, 0.1) is 5.82 Å². The molecule has 3 rings (SSSR count). The third-order valence-electron chi connectivity index (χ3n) is 3.65. The van der Waals surface area contributed by atoms with E-state index >= 15 is 0 Å². The molecule has 0 saturated heterocycles. The minimum atomic E-state index is -0.284. The van der Waals surface area contributed by atoms with Crippen LogP contribution in [0.15, 0.2) is 22.7 Å². The molecule has 1 unspecified atom stereocenters. The van der Waals surface area contributed by atoms with Crippen LogP contribution < -0.4 is 10.1 Å². The van der Waals surface area contributed by atoms with Gasteiger partial charge in [0.2, 0.25) is 0 Å². The highest BCUT2D eigenvalue weighted by Crippen LogP contribution is 2.38. The fourth-order valence-electron chi connectivity index (χ4n) is 2.12. The number of rotatable bonds is 6. The van der Waals surface area contributed by atoms with Crippen molar-refractivity contribution in [2.24, 2.45) is 0 Å². The number of benzene rings is 1. The number of nitrogens with one attached hydrogen (secondary N) is 1. The normalized spacial score (nSPS) is 16.0. The van der Waals surface area contributed by atoms with E-state index in [0.29, 0.717) is 17.6 Å². The van der Waals surface area contributed by atoms with Gasteiger partial charge in [0.15, 0.2) is 12.4 Å². The van der Waals surface area contributed by atoms with E-state index in [0.717, 1.165) is 24.2 Å². The van der Waals surface area contributed by atoms with Crippen LogP contribution in [0.4, 0.5) is 4.39 Å². The molecule has 0 spiro atoms. The summed E-state index contributed by atoms with van der Waals surface area (Å²) in [7, 11) is 1.82. The van der Waals surface area contributed by atoms with Gasteiger partial charge in [0.25, 0.3) is 5.89 Å². The molecule has 1 saturated carbocycles. The third-order valence-corrected chi connectivity index (χ3v) is 3.65. The van der Waals surface area contributed by atoms with Crippen LogP contribution in [0.2, 0.25) is 0 Å². The topological polar surface area (TPSA) is 60.2 Å². The molecule has 0 bridgehead atoms. The first-order valence-corrected chi connectivity index (χ1v) is 7.09. The summed E-state index contributed by atoms with van der Waals surface area (Å²) in [6, 6.07) is 4.46. The average Bonchev–Trinajstić information content (AvgIpc) is 3.24. The molecule has 0 aliphatic heterocycles. The molecular weight excluding hydrogens is 273 g/mol. The second-order valence-corrected chi connectivity index (χ2v) is 5.30. The van der Waals surface area contributed by atoms with Gasteiger partial charge in [-0.15, -0.1) is 0 Å². The summed E-state index contributed by atoms with van der Waals surface area (Å²) in [6.45, 7) is 2.13. The smallest absolute Gasteiger partial charge is 0.264 e. The van der Waals surface area contributed by atoms with E-state index in [-0.39, 0.29) is 18.5 Å². The Morgan fingerprint density at radius 2 is 2.29 bits per heavy atom. The van der Waals surface area contributed by atoms with E-state index in [1.54, 1.807) is 6.07 Å². The minimum absolute atomic E-state index is 0.0135. The van der Waals surface area contributed by atoms with Crippen LogP contribution in [0.1, 0.15) is 49.0 Å². The zero-order valence-corrected chi connectivity index (χ0v) is 12.1. The van der Waals surface area contributed by atoms with Crippen molar-refractivity contribution < 1.29 is 13.7 Å². The maximum atomic E-state index is 13.4. The van der Waals surface area contributed by atoms with Crippen molar-refractivity contribution >= 4 is 0 Å². The molecule has 6 heteroatoms. The lowest BCUT2D eigenvalue weighted by molar-refractivity contribution is 0.239. The Kier molecular flexibility index (Phi) is 3.88. The van der Waals surface area contributed by atoms with Gasteiger partial charge >= 0.3 is 0 Å².